The number of carbonyl (C=O) groups excluding carboxylic acids is 1. The van der Waals surface area contributed by atoms with Crippen LogP contribution in [0.2, 0.25) is 0 Å². The van der Waals surface area contributed by atoms with Crippen molar-refractivity contribution >= 4 is 23.3 Å². The summed E-state index contributed by atoms with van der Waals surface area (Å²) in [5.74, 6) is 0.723. The molecule has 0 aliphatic carbocycles. The van der Waals surface area contributed by atoms with Gasteiger partial charge in [-0.1, -0.05) is 12.8 Å². The number of methoxy groups -OCH3 is 1. The highest BCUT2D eigenvalue weighted by Gasteiger charge is 2.05. The number of nitrogens with zero attached hydrogens (tertiary/aromatic N) is 2. The van der Waals surface area contributed by atoms with Crippen molar-refractivity contribution in [3.05, 3.63) is 15.6 Å². The second kappa shape index (κ2) is 11.8. The molecule has 0 fully saturated rings. The van der Waals surface area contributed by atoms with E-state index in [2.05, 4.69) is 32.3 Å². The first-order chi connectivity index (χ1) is 11.6. The first kappa shape index (κ1) is 20.4. The fourth-order valence-corrected chi connectivity index (χ4v) is 3.13. The zero-order valence-corrected chi connectivity index (χ0v) is 16.1. The third-order valence-electron chi connectivity index (χ3n) is 3.55. The third-order valence-corrected chi connectivity index (χ3v) is 4.61. The minimum Gasteiger partial charge on any atom is -0.469 e. The van der Waals surface area contributed by atoms with Gasteiger partial charge in [0.15, 0.2) is 5.96 Å². The van der Waals surface area contributed by atoms with Crippen molar-refractivity contribution in [1.29, 1.82) is 0 Å². The van der Waals surface area contributed by atoms with Crippen LogP contribution in [0.25, 0.3) is 0 Å². The highest BCUT2D eigenvalue weighted by Crippen LogP contribution is 2.17. The normalized spacial score (nSPS) is 11.4. The summed E-state index contributed by atoms with van der Waals surface area (Å²) in [6, 6.07) is 0. The predicted octanol–water partition coefficient (Wildman–Crippen LogP) is 2.94. The van der Waals surface area contributed by atoms with Crippen LogP contribution in [0.1, 0.15) is 54.6 Å². The standard InChI is InChI=1S/C17H30N4O2S/c1-5-18-17(20-12-15-13(2)21-14(3)24-15)19-11-9-7-6-8-10-16(22)23-4/h5-12H2,1-4H3,(H2,18,19,20). The number of aliphatic imine (C=N–C) groups is 1. The summed E-state index contributed by atoms with van der Waals surface area (Å²) in [7, 11) is 1.43. The number of nitrogens with one attached hydrogen (secondary N) is 2. The molecule has 1 aromatic heterocycles. The zero-order valence-electron chi connectivity index (χ0n) is 15.3. The lowest BCUT2D eigenvalue weighted by Crippen LogP contribution is -2.37. The van der Waals surface area contributed by atoms with Crippen LogP contribution in [0.5, 0.6) is 0 Å². The van der Waals surface area contributed by atoms with Gasteiger partial charge in [-0.25, -0.2) is 9.98 Å². The van der Waals surface area contributed by atoms with Gasteiger partial charge in [0.05, 0.1) is 24.4 Å². The van der Waals surface area contributed by atoms with Crippen LogP contribution < -0.4 is 10.6 Å². The number of unbranched alkanes of at least 4 members (excludes halogenated alkanes) is 3. The smallest absolute Gasteiger partial charge is 0.305 e. The Kier molecular flexibility index (Phi) is 10.1. The summed E-state index contributed by atoms with van der Waals surface area (Å²) >= 11 is 1.70. The van der Waals surface area contributed by atoms with Gasteiger partial charge in [-0.3, -0.25) is 4.79 Å². The minimum absolute atomic E-state index is 0.122. The summed E-state index contributed by atoms with van der Waals surface area (Å²) in [6.45, 7) is 8.49. The summed E-state index contributed by atoms with van der Waals surface area (Å²) in [5, 5.41) is 7.71. The molecule has 24 heavy (non-hydrogen) atoms. The Morgan fingerprint density at radius 3 is 2.58 bits per heavy atom. The SMILES string of the molecule is CCNC(=NCc1sc(C)nc1C)NCCCCCCC(=O)OC. The maximum atomic E-state index is 11.0. The van der Waals surface area contributed by atoms with Gasteiger partial charge < -0.3 is 15.4 Å². The number of hydrogen-bond donors (Lipinski definition) is 2. The summed E-state index contributed by atoms with van der Waals surface area (Å²) in [6.07, 6.45) is 4.61. The lowest BCUT2D eigenvalue weighted by molar-refractivity contribution is -0.140. The largest absolute Gasteiger partial charge is 0.469 e. The van der Waals surface area contributed by atoms with Gasteiger partial charge in [0.2, 0.25) is 0 Å². The lowest BCUT2D eigenvalue weighted by atomic mass is 10.1. The molecule has 0 saturated carbocycles. The highest BCUT2D eigenvalue weighted by molar-refractivity contribution is 7.11. The molecule has 1 aromatic rings. The van der Waals surface area contributed by atoms with Crippen LogP contribution in [0.3, 0.4) is 0 Å². The average molecular weight is 355 g/mol. The molecule has 0 radical (unpaired) electrons. The van der Waals surface area contributed by atoms with Gasteiger partial charge in [-0.15, -0.1) is 11.3 Å². The molecule has 2 N–H and O–H groups in total. The molecule has 0 spiro atoms. The van der Waals surface area contributed by atoms with Crippen molar-refractivity contribution in [3.8, 4) is 0 Å². The molecule has 136 valence electrons. The number of thiazole rings is 1. The van der Waals surface area contributed by atoms with Crippen molar-refractivity contribution in [2.75, 3.05) is 20.2 Å². The minimum atomic E-state index is -0.122. The van der Waals surface area contributed by atoms with Gasteiger partial charge in [-0.2, -0.15) is 0 Å². The van der Waals surface area contributed by atoms with E-state index in [9.17, 15) is 4.79 Å². The van der Waals surface area contributed by atoms with Gasteiger partial charge in [0, 0.05) is 24.4 Å². The van der Waals surface area contributed by atoms with E-state index in [1.807, 2.05) is 13.8 Å². The first-order valence-electron chi connectivity index (χ1n) is 8.58. The molecule has 1 heterocycles. The molecule has 0 unspecified atom stereocenters. The highest BCUT2D eigenvalue weighted by atomic mass is 32.1. The molecule has 0 aliphatic rings. The fraction of sp³-hybridized carbons (Fsp3) is 0.706. The van der Waals surface area contributed by atoms with Gasteiger partial charge in [0.1, 0.15) is 0 Å². The number of rotatable bonds is 10. The van der Waals surface area contributed by atoms with E-state index in [0.717, 1.165) is 55.4 Å². The molecule has 1 rings (SSSR count). The number of esters is 1. The van der Waals surface area contributed by atoms with Crippen molar-refractivity contribution in [2.24, 2.45) is 4.99 Å². The van der Waals surface area contributed by atoms with E-state index in [4.69, 9.17) is 0 Å². The molecule has 0 amide bonds. The van der Waals surface area contributed by atoms with E-state index < -0.39 is 0 Å². The van der Waals surface area contributed by atoms with E-state index in [1.165, 1.54) is 12.0 Å². The Bertz CT molecular complexity index is 529. The monoisotopic (exact) mass is 354 g/mol. The van der Waals surface area contributed by atoms with Gasteiger partial charge >= 0.3 is 5.97 Å². The molecular weight excluding hydrogens is 324 g/mol. The van der Waals surface area contributed by atoms with Crippen molar-refractivity contribution in [1.82, 2.24) is 15.6 Å². The summed E-state index contributed by atoms with van der Waals surface area (Å²) < 4.78 is 4.63. The molecular formula is C17H30N4O2S. The van der Waals surface area contributed by atoms with E-state index >= 15 is 0 Å². The van der Waals surface area contributed by atoms with Crippen molar-refractivity contribution in [2.45, 2.75) is 59.4 Å². The maximum Gasteiger partial charge on any atom is 0.305 e. The van der Waals surface area contributed by atoms with E-state index in [-0.39, 0.29) is 5.97 Å². The summed E-state index contributed by atoms with van der Waals surface area (Å²) in [5.41, 5.74) is 1.07. The Hall–Kier alpha value is -1.63. The van der Waals surface area contributed by atoms with E-state index in [1.54, 1.807) is 11.3 Å². The van der Waals surface area contributed by atoms with Gasteiger partial charge in [0.25, 0.3) is 0 Å². The average Bonchev–Trinajstić information content (AvgIpc) is 2.88. The number of carbonyl (C=O) groups is 1. The lowest BCUT2D eigenvalue weighted by Gasteiger charge is -2.11. The molecule has 0 aliphatic heterocycles. The molecule has 6 nitrogen and oxygen atoms in total. The number of aromatic nitrogens is 1. The Labute approximate surface area is 149 Å². The third kappa shape index (κ3) is 8.29. The predicted molar refractivity (Wildman–Crippen MR) is 99.5 cm³/mol. The van der Waals surface area contributed by atoms with Crippen LogP contribution in [0.4, 0.5) is 0 Å². The van der Waals surface area contributed by atoms with Crippen LogP contribution >= 0.6 is 11.3 Å². The van der Waals surface area contributed by atoms with Crippen LogP contribution in [0, 0.1) is 13.8 Å². The van der Waals surface area contributed by atoms with Crippen LogP contribution in [-0.4, -0.2) is 37.1 Å². The number of hydrogen-bond acceptors (Lipinski definition) is 5. The molecule has 0 atom stereocenters. The van der Waals surface area contributed by atoms with Crippen molar-refractivity contribution < 1.29 is 9.53 Å². The van der Waals surface area contributed by atoms with E-state index in [0.29, 0.717) is 13.0 Å². The Balaban J connectivity index is 2.26. The Morgan fingerprint density at radius 2 is 1.96 bits per heavy atom. The first-order valence-corrected chi connectivity index (χ1v) is 9.40. The van der Waals surface area contributed by atoms with Crippen LogP contribution in [0.15, 0.2) is 4.99 Å². The summed E-state index contributed by atoms with van der Waals surface area (Å²) in [4.78, 5) is 21.3. The topological polar surface area (TPSA) is 75.6 Å². The zero-order chi connectivity index (χ0) is 17.8. The van der Waals surface area contributed by atoms with Crippen LogP contribution in [-0.2, 0) is 16.1 Å². The molecule has 7 heteroatoms. The Morgan fingerprint density at radius 1 is 1.21 bits per heavy atom. The fourth-order valence-electron chi connectivity index (χ4n) is 2.27. The van der Waals surface area contributed by atoms with Gasteiger partial charge in [-0.05, 0) is 33.6 Å². The maximum absolute atomic E-state index is 11.0. The molecule has 0 bridgehead atoms. The van der Waals surface area contributed by atoms with Crippen molar-refractivity contribution in [3.63, 3.8) is 0 Å². The quantitative estimate of drug-likeness (QED) is 0.292. The second-order valence-corrected chi connectivity index (χ2v) is 6.89. The molecule has 0 aromatic carbocycles. The number of guanidine groups is 1. The number of ether oxygens (including phenoxy) is 1. The molecule has 0 saturated heterocycles. The number of aryl methyl sites for hydroxylation is 2. The second-order valence-electron chi connectivity index (χ2n) is 5.60.